The van der Waals surface area contributed by atoms with Crippen LogP contribution in [0.4, 0.5) is 0 Å². The largest absolute Gasteiger partial charge is 0.300 e. The number of carbonyl (C=O) groups is 1. The molecule has 118 valence electrons. The zero-order chi connectivity index (χ0) is 15.6. The van der Waals surface area contributed by atoms with Crippen LogP contribution in [0.3, 0.4) is 0 Å². The number of carbonyl (C=O) groups excluding carboxylic acids is 1. The third-order valence-corrected chi connectivity index (χ3v) is 5.50. The molecule has 2 aromatic rings. The van der Waals surface area contributed by atoms with Gasteiger partial charge in [-0.15, -0.1) is 0 Å². The first-order valence-corrected chi connectivity index (χ1v) is 8.68. The van der Waals surface area contributed by atoms with Crippen molar-refractivity contribution in [1.29, 1.82) is 0 Å². The Labute approximate surface area is 138 Å². The molecule has 2 heterocycles. The molecular weight excluding hydrogens is 282 g/mol. The fourth-order valence-corrected chi connectivity index (χ4v) is 4.35. The van der Waals surface area contributed by atoms with Gasteiger partial charge in [0.2, 0.25) is 0 Å². The van der Waals surface area contributed by atoms with Crippen LogP contribution >= 0.6 is 0 Å². The van der Waals surface area contributed by atoms with E-state index in [1.807, 2.05) is 0 Å². The summed E-state index contributed by atoms with van der Waals surface area (Å²) in [4.78, 5) is 14.5. The predicted molar refractivity (Wildman–Crippen MR) is 92.5 cm³/mol. The molecule has 0 saturated carbocycles. The number of hydrogen-bond acceptors (Lipinski definition) is 2. The number of ketones is 1. The van der Waals surface area contributed by atoms with E-state index in [1.54, 1.807) is 0 Å². The van der Waals surface area contributed by atoms with E-state index in [1.165, 1.54) is 24.0 Å². The second-order valence-electron chi connectivity index (χ2n) is 6.90. The molecule has 2 unspecified atom stereocenters. The molecule has 4 rings (SSSR count). The monoisotopic (exact) mass is 305 g/mol. The third-order valence-electron chi connectivity index (χ3n) is 5.50. The molecule has 2 nitrogen and oxygen atoms in total. The van der Waals surface area contributed by atoms with Gasteiger partial charge in [-0.05, 0) is 24.0 Å². The fraction of sp³-hybridized carbons (Fsp3) is 0.381. The van der Waals surface area contributed by atoms with Crippen molar-refractivity contribution < 1.29 is 4.79 Å². The molecule has 2 saturated heterocycles. The minimum absolute atomic E-state index is 0.383. The van der Waals surface area contributed by atoms with E-state index in [2.05, 4.69) is 65.6 Å². The lowest BCUT2D eigenvalue weighted by atomic mass is 9.89. The van der Waals surface area contributed by atoms with Crippen molar-refractivity contribution in [3.63, 3.8) is 0 Å². The first-order chi connectivity index (χ1) is 11.3. The summed E-state index contributed by atoms with van der Waals surface area (Å²) in [6.45, 7) is 1.02. The number of rotatable bonds is 4. The van der Waals surface area contributed by atoms with Crippen LogP contribution in [0.5, 0.6) is 0 Å². The highest BCUT2D eigenvalue weighted by Gasteiger charge is 2.40. The van der Waals surface area contributed by atoms with Gasteiger partial charge in [0, 0.05) is 37.4 Å². The molecule has 2 heteroatoms. The van der Waals surface area contributed by atoms with E-state index in [0.717, 1.165) is 19.4 Å². The molecule has 2 aromatic carbocycles. The summed E-state index contributed by atoms with van der Waals surface area (Å²) in [5.41, 5.74) is 2.74. The van der Waals surface area contributed by atoms with Gasteiger partial charge in [0.1, 0.15) is 5.78 Å². The fourth-order valence-electron chi connectivity index (χ4n) is 4.35. The predicted octanol–water partition coefficient (Wildman–Crippen LogP) is 4.01. The van der Waals surface area contributed by atoms with E-state index in [-0.39, 0.29) is 0 Å². The lowest BCUT2D eigenvalue weighted by Gasteiger charge is -2.36. The van der Waals surface area contributed by atoms with E-state index in [9.17, 15) is 4.79 Å². The summed E-state index contributed by atoms with van der Waals surface area (Å²) in [6.07, 6.45) is 3.89. The highest BCUT2D eigenvalue weighted by atomic mass is 16.1. The van der Waals surface area contributed by atoms with Gasteiger partial charge in [0.15, 0.2) is 0 Å². The van der Waals surface area contributed by atoms with Gasteiger partial charge >= 0.3 is 0 Å². The van der Waals surface area contributed by atoms with Gasteiger partial charge < -0.3 is 0 Å². The number of benzene rings is 2. The molecular formula is C21H23NO. The number of nitrogens with zero attached hydrogens (tertiary/aromatic N) is 1. The standard InChI is InChI=1S/C21H23NO/c23-20-13-18-11-12-19(14-20)22(18)15-21(16-7-3-1-4-8-16)17-9-5-2-6-10-17/h1-10,18-19,21H,11-15H2. The molecule has 0 amide bonds. The smallest absolute Gasteiger partial charge is 0.136 e. The second-order valence-corrected chi connectivity index (χ2v) is 6.90. The summed E-state index contributed by atoms with van der Waals surface area (Å²) in [5.74, 6) is 0.846. The summed E-state index contributed by atoms with van der Waals surface area (Å²) < 4.78 is 0. The van der Waals surface area contributed by atoms with Crippen molar-refractivity contribution in [2.45, 2.75) is 43.7 Å². The maximum Gasteiger partial charge on any atom is 0.136 e. The quantitative estimate of drug-likeness (QED) is 0.850. The van der Waals surface area contributed by atoms with Crippen molar-refractivity contribution >= 4 is 5.78 Å². The van der Waals surface area contributed by atoms with Crippen LogP contribution in [-0.2, 0) is 4.79 Å². The molecule has 2 aliphatic rings. The van der Waals surface area contributed by atoms with E-state index in [4.69, 9.17) is 0 Å². The van der Waals surface area contributed by atoms with Gasteiger partial charge in [-0.1, -0.05) is 60.7 Å². The zero-order valence-electron chi connectivity index (χ0n) is 13.4. The van der Waals surface area contributed by atoms with Crippen molar-refractivity contribution in [1.82, 2.24) is 4.90 Å². The van der Waals surface area contributed by atoms with Crippen LogP contribution in [0.15, 0.2) is 60.7 Å². The molecule has 23 heavy (non-hydrogen) atoms. The normalized spacial score (nSPS) is 24.3. The Balaban J connectivity index is 1.63. The van der Waals surface area contributed by atoms with Crippen molar-refractivity contribution in [2.75, 3.05) is 6.54 Å². The van der Waals surface area contributed by atoms with Crippen LogP contribution in [0.1, 0.15) is 42.7 Å². The van der Waals surface area contributed by atoms with Crippen molar-refractivity contribution in [3.8, 4) is 0 Å². The molecule has 0 aromatic heterocycles. The van der Waals surface area contributed by atoms with Gasteiger partial charge in [0.25, 0.3) is 0 Å². The minimum Gasteiger partial charge on any atom is -0.300 e. The van der Waals surface area contributed by atoms with Gasteiger partial charge in [-0.3, -0.25) is 9.69 Å². The maximum absolute atomic E-state index is 11.9. The molecule has 0 aliphatic carbocycles. The van der Waals surface area contributed by atoms with Crippen LogP contribution in [0, 0.1) is 0 Å². The lowest BCUT2D eigenvalue weighted by molar-refractivity contribution is -0.123. The van der Waals surface area contributed by atoms with E-state index < -0.39 is 0 Å². The highest BCUT2D eigenvalue weighted by Crippen LogP contribution is 2.37. The number of fused-ring (bicyclic) bond motifs is 2. The number of hydrogen-bond donors (Lipinski definition) is 0. The zero-order valence-corrected chi connectivity index (χ0v) is 13.4. The Hall–Kier alpha value is -1.93. The number of Topliss-reactive ketones (excluding diaryl/α,β-unsaturated/α-hetero) is 1. The SMILES string of the molecule is O=C1CC2CCC(C1)N2CC(c1ccccc1)c1ccccc1. The van der Waals surface area contributed by atoms with Crippen LogP contribution < -0.4 is 0 Å². The molecule has 2 aliphatic heterocycles. The Bertz CT molecular complexity index is 611. The lowest BCUT2D eigenvalue weighted by Crippen LogP contribution is -2.45. The van der Waals surface area contributed by atoms with Crippen LogP contribution in [0.25, 0.3) is 0 Å². The number of piperidine rings is 1. The molecule has 2 bridgehead atoms. The highest BCUT2D eigenvalue weighted by molar-refractivity contribution is 5.81. The molecule has 0 radical (unpaired) electrons. The van der Waals surface area contributed by atoms with E-state index in [0.29, 0.717) is 23.8 Å². The van der Waals surface area contributed by atoms with Gasteiger partial charge in [-0.25, -0.2) is 0 Å². The first kappa shape index (κ1) is 14.6. The topological polar surface area (TPSA) is 20.3 Å². The second kappa shape index (κ2) is 6.29. The minimum atomic E-state index is 0.383. The van der Waals surface area contributed by atoms with Crippen LogP contribution in [-0.4, -0.2) is 29.3 Å². The molecule has 2 fully saturated rings. The Morgan fingerprint density at radius 3 is 1.78 bits per heavy atom. The third kappa shape index (κ3) is 2.96. The Morgan fingerprint density at radius 2 is 1.30 bits per heavy atom. The van der Waals surface area contributed by atoms with E-state index >= 15 is 0 Å². The maximum atomic E-state index is 11.9. The first-order valence-electron chi connectivity index (χ1n) is 8.68. The average Bonchev–Trinajstić information content (AvgIpc) is 2.83. The molecule has 2 atom stereocenters. The summed E-state index contributed by atoms with van der Waals surface area (Å²) in [5, 5.41) is 0. The van der Waals surface area contributed by atoms with Crippen molar-refractivity contribution in [2.24, 2.45) is 0 Å². The Kier molecular flexibility index (Phi) is 4.00. The van der Waals surface area contributed by atoms with Crippen LogP contribution in [0.2, 0.25) is 0 Å². The average molecular weight is 305 g/mol. The summed E-state index contributed by atoms with van der Waals surface area (Å²) >= 11 is 0. The molecule has 0 N–H and O–H groups in total. The van der Waals surface area contributed by atoms with Gasteiger partial charge in [-0.2, -0.15) is 0 Å². The summed E-state index contributed by atoms with van der Waals surface area (Å²) in [7, 11) is 0. The summed E-state index contributed by atoms with van der Waals surface area (Å²) in [6, 6.07) is 22.5. The van der Waals surface area contributed by atoms with Gasteiger partial charge in [0.05, 0.1) is 0 Å². The Morgan fingerprint density at radius 1 is 0.826 bits per heavy atom. The molecule has 0 spiro atoms. The van der Waals surface area contributed by atoms with Crippen molar-refractivity contribution in [3.05, 3.63) is 71.8 Å².